The lowest BCUT2D eigenvalue weighted by molar-refractivity contribution is -0.126. The summed E-state index contributed by atoms with van der Waals surface area (Å²) in [5.41, 5.74) is 5.68. The number of carbonyl (C=O) groups excluding carboxylic acids is 1. The second-order valence-corrected chi connectivity index (χ2v) is 4.77. The molecule has 2 unspecified atom stereocenters. The van der Waals surface area contributed by atoms with E-state index in [1.807, 2.05) is 0 Å². The number of carboxylic acids is 1. The molecule has 0 aromatic heterocycles. The molecular weight excluding hydrogens is 276 g/mol. The van der Waals surface area contributed by atoms with E-state index >= 15 is 0 Å². The number of rotatable bonds is 5. The van der Waals surface area contributed by atoms with Gasteiger partial charge in [-0.15, -0.1) is 0 Å². The van der Waals surface area contributed by atoms with Crippen LogP contribution >= 0.6 is 0 Å². The summed E-state index contributed by atoms with van der Waals surface area (Å²) in [5.74, 6) is -1.04. The number of nitrogens with two attached hydrogens (primary N) is 1. The van der Waals surface area contributed by atoms with E-state index in [1.165, 1.54) is 25.3 Å². The number of carboxylic acid groups (broad SMARTS) is 1. The summed E-state index contributed by atoms with van der Waals surface area (Å²) in [4.78, 5) is 23.3. The molecule has 1 aromatic carbocycles. The van der Waals surface area contributed by atoms with Crippen LogP contribution in [0.3, 0.4) is 0 Å². The van der Waals surface area contributed by atoms with Crippen LogP contribution in [0, 0.1) is 0 Å². The predicted molar refractivity (Wildman–Crippen MR) is 75.5 cm³/mol. The first-order valence-electron chi connectivity index (χ1n) is 6.63. The molecule has 4 N–H and O–H groups in total. The zero-order valence-corrected chi connectivity index (χ0v) is 11.7. The minimum Gasteiger partial charge on any atom is -0.497 e. The van der Waals surface area contributed by atoms with Crippen molar-refractivity contribution in [1.82, 2.24) is 0 Å². The third kappa shape index (κ3) is 3.50. The highest BCUT2D eigenvalue weighted by atomic mass is 16.5. The van der Waals surface area contributed by atoms with Gasteiger partial charge >= 0.3 is 5.97 Å². The number of hydrogen-bond donors (Lipinski definition) is 3. The molecule has 1 aliphatic heterocycles. The molecule has 0 spiro atoms. The minimum atomic E-state index is -1.12. The Hall–Kier alpha value is -2.12. The van der Waals surface area contributed by atoms with E-state index in [1.54, 1.807) is 0 Å². The number of ether oxygens (including phenoxy) is 2. The SMILES string of the molecule is COc1ccc(C(=O)O)c(NC(=O)C2CCC(CN)O2)c1. The molecule has 1 aromatic rings. The second-order valence-electron chi connectivity index (χ2n) is 4.77. The second kappa shape index (κ2) is 6.55. The fourth-order valence-electron chi connectivity index (χ4n) is 2.23. The third-order valence-corrected chi connectivity index (χ3v) is 3.38. The van der Waals surface area contributed by atoms with Crippen LogP contribution in [0.5, 0.6) is 5.75 Å². The zero-order valence-electron chi connectivity index (χ0n) is 11.7. The van der Waals surface area contributed by atoms with Crippen LogP contribution in [0.4, 0.5) is 5.69 Å². The van der Waals surface area contributed by atoms with E-state index in [9.17, 15) is 9.59 Å². The number of aromatic carboxylic acids is 1. The van der Waals surface area contributed by atoms with Crippen molar-refractivity contribution in [2.75, 3.05) is 19.0 Å². The average molecular weight is 294 g/mol. The van der Waals surface area contributed by atoms with Gasteiger partial charge in [-0.05, 0) is 25.0 Å². The van der Waals surface area contributed by atoms with Gasteiger partial charge < -0.3 is 25.6 Å². The van der Waals surface area contributed by atoms with Crippen LogP contribution in [0.2, 0.25) is 0 Å². The number of anilines is 1. The predicted octanol–water partition coefficient (Wildman–Crippen LogP) is 0.838. The molecule has 7 nitrogen and oxygen atoms in total. The zero-order chi connectivity index (χ0) is 15.4. The summed E-state index contributed by atoms with van der Waals surface area (Å²) in [6.07, 6.45) is 0.565. The van der Waals surface area contributed by atoms with Crippen molar-refractivity contribution in [2.45, 2.75) is 25.0 Å². The molecule has 1 saturated heterocycles. The maximum absolute atomic E-state index is 12.1. The van der Waals surface area contributed by atoms with Gasteiger partial charge in [-0.25, -0.2) is 4.79 Å². The van der Waals surface area contributed by atoms with Crippen molar-refractivity contribution >= 4 is 17.6 Å². The van der Waals surface area contributed by atoms with Gasteiger partial charge in [0, 0.05) is 12.6 Å². The van der Waals surface area contributed by atoms with E-state index in [2.05, 4.69) is 5.32 Å². The van der Waals surface area contributed by atoms with Crippen molar-refractivity contribution in [3.63, 3.8) is 0 Å². The monoisotopic (exact) mass is 294 g/mol. The summed E-state index contributed by atoms with van der Waals surface area (Å²) >= 11 is 0. The molecule has 0 bridgehead atoms. The summed E-state index contributed by atoms with van der Waals surface area (Å²) in [6.45, 7) is 0.364. The molecular formula is C14H18N2O5. The molecule has 0 aliphatic carbocycles. The van der Waals surface area contributed by atoms with E-state index in [0.717, 1.165) is 6.42 Å². The highest BCUT2D eigenvalue weighted by molar-refractivity contribution is 6.02. The maximum atomic E-state index is 12.1. The van der Waals surface area contributed by atoms with E-state index in [-0.39, 0.29) is 23.3 Å². The Morgan fingerprint density at radius 1 is 1.48 bits per heavy atom. The molecule has 21 heavy (non-hydrogen) atoms. The summed E-state index contributed by atoms with van der Waals surface area (Å²) in [7, 11) is 1.47. The standard InChI is InChI=1S/C14H18N2O5/c1-20-8-2-4-10(14(18)19)11(6-8)16-13(17)12-5-3-9(7-15)21-12/h2,4,6,9,12H,3,5,7,15H2,1H3,(H,16,17)(H,18,19). The molecule has 2 rings (SSSR count). The quantitative estimate of drug-likeness (QED) is 0.742. The molecule has 114 valence electrons. The molecule has 1 fully saturated rings. The van der Waals surface area contributed by atoms with Crippen LogP contribution < -0.4 is 15.8 Å². The molecule has 2 atom stereocenters. The van der Waals surface area contributed by atoms with Crippen LogP contribution in [0.1, 0.15) is 23.2 Å². The number of nitrogens with one attached hydrogen (secondary N) is 1. The smallest absolute Gasteiger partial charge is 0.337 e. The fourth-order valence-corrected chi connectivity index (χ4v) is 2.23. The first kappa shape index (κ1) is 15.3. The van der Waals surface area contributed by atoms with Gasteiger partial charge in [-0.2, -0.15) is 0 Å². The van der Waals surface area contributed by atoms with Gasteiger partial charge in [-0.1, -0.05) is 0 Å². The first-order chi connectivity index (χ1) is 10.0. The minimum absolute atomic E-state index is 0.00229. The molecule has 0 saturated carbocycles. The lowest BCUT2D eigenvalue weighted by atomic mass is 10.1. The lowest BCUT2D eigenvalue weighted by Gasteiger charge is -2.14. The van der Waals surface area contributed by atoms with Gasteiger partial charge in [0.25, 0.3) is 5.91 Å². The largest absolute Gasteiger partial charge is 0.497 e. The van der Waals surface area contributed by atoms with Crippen molar-refractivity contribution < 1.29 is 24.2 Å². The Labute approximate surface area is 122 Å². The van der Waals surface area contributed by atoms with Gasteiger partial charge in [0.2, 0.25) is 0 Å². The molecule has 1 aliphatic rings. The molecule has 7 heteroatoms. The van der Waals surface area contributed by atoms with Crippen molar-refractivity contribution in [3.05, 3.63) is 23.8 Å². The van der Waals surface area contributed by atoms with Crippen molar-refractivity contribution in [2.24, 2.45) is 5.73 Å². The van der Waals surface area contributed by atoms with Gasteiger partial charge in [0.15, 0.2) is 0 Å². The Kier molecular flexibility index (Phi) is 4.77. The number of amides is 1. The van der Waals surface area contributed by atoms with Crippen LogP contribution in [0.25, 0.3) is 0 Å². The van der Waals surface area contributed by atoms with Gasteiger partial charge in [-0.3, -0.25) is 4.79 Å². The number of hydrogen-bond acceptors (Lipinski definition) is 5. The third-order valence-electron chi connectivity index (χ3n) is 3.38. The Bertz CT molecular complexity index is 546. The van der Waals surface area contributed by atoms with E-state index < -0.39 is 12.1 Å². The lowest BCUT2D eigenvalue weighted by Crippen LogP contribution is -2.30. The molecule has 0 radical (unpaired) electrons. The average Bonchev–Trinajstić information content (AvgIpc) is 2.95. The van der Waals surface area contributed by atoms with E-state index in [4.69, 9.17) is 20.3 Å². The first-order valence-corrected chi connectivity index (χ1v) is 6.63. The highest BCUT2D eigenvalue weighted by Gasteiger charge is 2.30. The van der Waals surface area contributed by atoms with Crippen LogP contribution in [-0.4, -0.2) is 42.8 Å². The Balaban J connectivity index is 2.14. The van der Waals surface area contributed by atoms with Crippen molar-refractivity contribution in [3.8, 4) is 5.75 Å². The number of benzene rings is 1. The molecule has 1 amide bonds. The highest BCUT2D eigenvalue weighted by Crippen LogP contribution is 2.25. The summed E-state index contributed by atoms with van der Waals surface area (Å²) < 4.78 is 10.5. The number of methoxy groups -OCH3 is 1. The fraction of sp³-hybridized carbons (Fsp3) is 0.429. The summed E-state index contributed by atoms with van der Waals surface area (Å²) in [6, 6.07) is 4.38. The molecule has 1 heterocycles. The van der Waals surface area contributed by atoms with Crippen molar-refractivity contribution in [1.29, 1.82) is 0 Å². The normalized spacial score (nSPS) is 21.0. The Morgan fingerprint density at radius 2 is 2.24 bits per heavy atom. The maximum Gasteiger partial charge on any atom is 0.337 e. The van der Waals surface area contributed by atoms with Crippen LogP contribution in [-0.2, 0) is 9.53 Å². The van der Waals surface area contributed by atoms with E-state index in [0.29, 0.717) is 18.7 Å². The number of carbonyl (C=O) groups is 2. The van der Waals surface area contributed by atoms with Gasteiger partial charge in [0.1, 0.15) is 11.9 Å². The van der Waals surface area contributed by atoms with Gasteiger partial charge in [0.05, 0.1) is 24.5 Å². The van der Waals surface area contributed by atoms with Crippen LogP contribution in [0.15, 0.2) is 18.2 Å². The summed E-state index contributed by atoms with van der Waals surface area (Å²) in [5, 5.41) is 11.7. The Morgan fingerprint density at radius 3 is 2.81 bits per heavy atom. The topological polar surface area (TPSA) is 111 Å².